The maximum absolute atomic E-state index is 13.1. The van der Waals surface area contributed by atoms with E-state index in [1.165, 1.54) is 0 Å². The summed E-state index contributed by atoms with van der Waals surface area (Å²) < 4.78 is 20.7. The molecule has 23 heavy (non-hydrogen) atoms. The monoisotopic (exact) mass is 334 g/mol. The highest BCUT2D eigenvalue weighted by Gasteiger charge is 2.69. The number of rotatable bonds is 3. The minimum absolute atomic E-state index is 0.0383. The first kappa shape index (κ1) is 16.7. The first-order valence-electron chi connectivity index (χ1n) is 8.07. The Kier molecular flexibility index (Phi) is 3.73. The molecule has 2 heterocycles. The molecule has 2 aliphatic heterocycles. The van der Waals surface area contributed by atoms with Crippen LogP contribution in [0.2, 0.25) is 0 Å². The van der Waals surface area contributed by atoms with Gasteiger partial charge in [0.1, 0.15) is 23.1 Å². The number of hydrogen-bond donors (Lipinski definition) is 0. The van der Waals surface area contributed by atoms with Gasteiger partial charge in [-0.3, -0.25) is 0 Å². The van der Waals surface area contributed by atoms with E-state index in [1.54, 1.807) is 0 Å². The largest absolute Gasteiger partial charge is 0.477 e. The third-order valence-electron chi connectivity index (χ3n) is 4.37. The molecule has 0 saturated carbocycles. The molecule has 0 radical (unpaired) electrons. The molecule has 2 unspecified atom stereocenters. The lowest BCUT2D eigenvalue weighted by molar-refractivity contribution is 0.267. The molecule has 4 atom stereocenters. The zero-order chi connectivity index (χ0) is 17.0. The fourth-order valence-electron chi connectivity index (χ4n) is 3.07. The predicted molar refractivity (Wildman–Crippen MR) is 94.8 cm³/mol. The highest BCUT2D eigenvalue weighted by molar-refractivity contribution is 7.84. The molecule has 1 aromatic rings. The summed E-state index contributed by atoms with van der Waals surface area (Å²) in [5.41, 5.74) is 0.508. The molecule has 4 nitrogen and oxygen atoms in total. The zero-order valence-electron chi connectivity index (χ0n) is 14.8. The van der Waals surface area contributed by atoms with E-state index in [-0.39, 0.29) is 16.3 Å². The van der Waals surface area contributed by atoms with Gasteiger partial charge in [0, 0.05) is 0 Å². The van der Waals surface area contributed by atoms with Gasteiger partial charge in [0.2, 0.25) is 5.90 Å². The lowest BCUT2D eigenvalue weighted by Gasteiger charge is -2.20. The van der Waals surface area contributed by atoms with Crippen LogP contribution in [0.1, 0.15) is 53.1 Å². The molecular weight excluding hydrogens is 308 g/mol. The lowest BCUT2D eigenvalue weighted by atomic mass is 10.0. The van der Waals surface area contributed by atoms with Crippen molar-refractivity contribution in [3.8, 4) is 0 Å². The number of nitrogens with zero attached hydrogens (tertiary/aromatic N) is 2. The van der Waals surface area contributed by atoms with Gasteiger partial charge >= 0.3 is 0 Å². The molecule has 0 bridgehead atoms. The topological polar surface area (TPSA) is 41.7 Å². The van der Waals surface area contributed by atoms with E-state index in [4.69, 9.17) is 9.73 Å². The van der Waals surface area contributed by atoms with Crippen molar-refractivity contribution in [2.75, 3.05) is 6.61 Å². The summed E-state index contributed by atoms with van der Waals surface area (Å²) >= 11 is 0. The van der Waals surface area contributed by atoms with E-state index in [9.17, 15) is 4.21 Å². The third-order valence-corrected chi connectivity index (χ3v) is 6.37. The molecule has 0 spiro atoms. The summed E-state index contributed by atoms with van der Waals surface area (Å²) in [6.07, 6.45) is 0. The van der Waals surface area contributed by atoms with E-state index in [2.05, 4.69) is 32.9 Å². The molecule has 0 aliphatic carbocycles. The second kappa shape index (κ2) is 5.15. The summed E-state index contributed by atoms with van der Waals surface area (Å²) in [4.78, 5) is 4.76. The standard InChI is InChI=1S/C18H26N2O2S/c1-16(2,3)23(21)20-14(13-10-8-7-9-11-13)18(20,6)15-19-17(4,5)12-22-15/h7-11,14H,12H2,1-6H3/t14-,18-,20?,23?/m0/s1. The van der Waals surface area contributed by atoms with Crippen LogP contribution < -0.4 is 0 Å². The quantitative estimate of drug-likeness (QED) is 0.794. The molecule has 2 aliphatic rings. The lowest BCUT2D eigenvalue weighted by Crippen LogP contribution is -2.34. The number of aliphatic imine (C=N–C) groups is 1. The van der Waals surface area contributed by atoms with Gasteiger partial charge in [-0.1, -0.05) is 30.3 Å². The second-order valence-electron chi connectivity index (χ2n) is 8.17. The van der Waals surface area contributed by atoms with Crippen molar-refractivity contribution in [1.29, 1.82) is 0 Å². The normalized spacial score (nSPS) is 33.7. The number of hydrogen-bond acceptors (Lipinski definition) is 3. The Morgan fingerprint density at radius 1 is 1.22 bits per heavy atom. The fourth-order valence-corrected chi connectivity index (χ4v) is 4.66. The van der Waals surface area contributed by atoms with Crippen LogP contribution in [0, 0.1) is 0 Å². The van der Waals surface area contributed by atoms with Crippen molar-refractivity contribution in [2.45, 2.75) is 63.4 Å². The van der Waals surface area contributed by atoms with Gasteiger partial charge in [-0.2, -0.15) is 4.31 Å². The fraction of sp³-hybridized carbons (Fsp3) is 0.611. The second-order valence-corrected chi connectivity index (χ2v) is 10.3. The van der Waals surface area contributed by atoms with Crippen LogP contribution in [0.3, 0.4) is 0 Å². The van der Waals surface area contributed by atoms with E-state index < -0.39 is 16.5 Å². The van der Waals surface area contributed by atoms with E-state index in [0.717, 1.165) is 5.56 Å². The Balaban J connectivity index is 2.01. The molecular formula is C18H26N2O2S. The Hall–Kier alpha value is -1.20. The SMILES string of the molecule is CC1(C)COC([C@]2(C)[C@H](c3ccccc3)N2S(=O)C(C)(C)C)=N1. The van der Waals surface area contributed by atoms with Crippen LogP contribution in [0.15, 0.2) is 35.3 Å². The van der Waals surface area contributed by atoms with Crippen molar-refractivity contribution < 1.29 is 8.95 Å². The molecule has 3 rings (SSSR count). The summed E-state index contributed by atoms with van der Waals surface area (Å²) in [5, 5.41) is 0. The summed E-state index contributed by atoms with van der Waals surface area (Å²) in [6.45, 7) is 12.8. The molecule has 0 amide bonds. The molecule has 1 aromatic carbocycles. The molecule has 1 fully saturated rings. The minimum Gasteiger partial charge on any atom is -0.477 e. The van der Waals surface area contributed by atoms with Crippen LogP contribution >= 0.6 is 0 Å². The first-order chi connectivity index (χ1) is 10.6. The molecule has 0 N–H and O–H groups in total. The first-order valence-corrected chi connectivity index (χ1v) is 9.17. The van der Waals surface area contributed by atoms with Crippen molar-refractivity contribution in [2.24, 2.45) is 4.99 Å². The zero-order valence-corrected chi connectivity index (χ0v) is 15.6. The van der Waals surface area contributed by atoms with Crippen molar-refractivity contribution >= 4 is 16.9 Å². The summed E-state index contributed by atoms with van der Waals surface area (Å²) in [5.74, 6) is 0.717. The molecule has 5 heteroatoms. The van der Waals surface area contributed by atoms with Gasteiger partial charge in [0.05, 0.1) is 16.3 Å². The van der Waals surface area contributed by atoms with Crippen LogP contribution in [0.4, 0.5) is 0 Å². The minimum atomic E-state index is -1.13. The van der Waals surface area contributed by atoms with Gasteiger partial charge in [-0.25, -0.2) is 9.20 Å². The molecule has 126 valence electrons. The van der Waals surface area contributed by atoms with Gasteiger partial charge in [-0.05, 0) is 47.1 Å². The van der Waals surface area contributed by atoms with Crippen molar-refractivity contribution in [1.82, 2.24) is 4.31 Å². The van der Waals surface area contributed by atoms with Crippen molar-refractivity contribution in [3.05, 3.63) is 35.9 Å². The Morgan fingerprint density at radius 2 is 1.83 bits per heavy atom. The maximum atomic E-state index is 13.1. The Bertz CT molecular complexity index is 663. The van der Waals surface area contributed by atoms with Gasteiger partial charge in [-0.15, -0.1) is 0 Å². The smallest absolute Gasteiger partial charge is 0.207 e. The van der Waals surface area contributed by atoms with Crippen molar-refractivity contribution in [3.63, 3.8) is 0 Å². The van der Waals surface area contributed by atoms with Gasteiger partial charge < -0.3 is 4.74 Å². The van der Waals surface area contributed by atoms with Crippen LogP contribution in [0.5, 0.6) is 0 Å². The molecule has 1 saturated heterocycles. The van der Waals surface area contributed by atoms with E-state index in [1.807, 2.05) is 43.3 Å². The predicted octanol–water partition coefficient (Wildman–Crippen LogP) is 3.47. The van der Waals surface area contributed by atoms with Crippen LogP contribution in [-0.2, 0) is 15.7 Å². The summed E-state index contributed by atoms with van der Waals surface area (Å²) in [7, 11) is -1.13. The highest BCUT2D eigenvalue weighted by atomic mass is 32.2. The van der Waals surface area contributed by atoms with Crippen LogP contribution in [0.25, 0.3) is 0 Å². The Labute approximate surface area is 141 Å². The van der Waals surface area contributed by atoms with E-state index >= 15 is 0 Å². The molecule has 0 aromatic heterocycles. The maximum Gasteiger partial charge on any atom is 0.207 e. The number of benzene rings is 1. The van der Waals surface area contributed by atoms with Gasteiger partial charge in [0.15, 0.2) is 0 Å². The highest BCUT2D eigenvalue weighted by Crippen LogP contribution is 2.57. The average Bonchev–Trinajstić information content (AvgIpc) is 2.92. The van der Waals surface area contributed by atoms with Crippen LogP contribution in [-0.4, -0.2) is 36.8 Å². The summed E-state index contributed by atoms with van der Waals surface area (Å²) in [6, 6.07) is 10.3. The van der Waals surface area contributed by atoms with Gasteiger partial charge in [0.25, 0.3) is 0 Å². The average molecular weight is 334 g/mol. The number of ether oxygens (including phenoxy) is 1. The van der Waals surface area contributed by atoms with E-state index in [0.29, 0.717) is 12.5 Å². The third kappa shape index (κ3) is 2.74. The Morgan fingerprint density at radius 3 is 2.30 bits per heavy atom.